The molecule has 3 heterocycles. The van der Waals surface area contributed by atoms with E-state index >= 15 is 0 Å². The topological polar surface area (TPSA) is 57.9 Å². The van der Waals surface area contributed by atoms with Gasteiger partial charge in [0.15, 0.2) is 0 Å². The smallest absolute Gasteiger partial charge is 0.223 e. The second-order valence-electron chi connectivity index (χ2n) is 9.27. The van der Waals surface area contributed by atoms with E-state index < -0.39 is 0 Å². The quantitative estimate of drug-likeness (QED) is 0.376. The molecule has 0 atom stereocenters. The number of hydrogen-bond acceptors (Lipinski definition) is 3. The summed E-state index contributed by atoms with van der Waals surface area (Å²) in [5.74, 6) is 0.170. The van der Waals surface area contributed by atoms with Gasteiger partial charge in [-0.3, -0.25) is 9.59 Å². The minimum atomic E-state index is 0.0621. The number of carbonyl (C=O) groups excluding carboxylic acids is 2. The van der Waals surface area contributed by atoms with E-state index in [-0.39, 0.29) is 11.8 Å². The van der Waals surface area contributed by atoms with Crippen LogP contribution in [0.4, 0.5) is 0 Å². The third-order valence-electron chi connectivity index (χ3n) is 6.92. The second kappa shape index (κ2) is 10.2. The van der Waals surface area contributed by atoms with Gasteiger partial charge in [0.05, 0.1) is 11.4 Å². The Morgan fingerprint density at radius 3 is 2.33 bits per heavy atom. The van der Waals surface area contributed by atoms with Gasteiger partial charge < -0.3 is 14.2 Å². The van der Waals surface area contributed by atoms with Gasteiger partial charge in [0.2, 0.25) is 11.8 Å². The van der Waals surface area contributed by atoms with E-state index in [0.29, 0.717) is 39.0 Å². The molecule has 184 valence electrons. The predicted octanol–water partition coefficient (Wildman–Crippen LogP) is 5.25. The van der Waals surface area contributed by atoms with Crippen LogP contribution in [0.25, 0.3) is 28.0 Å². The number of carbonyl (C=O) groups is 2. The monoisotopic (exact) mass is 500 g/mol. The standard InChI is InChI=1S/C29H29ClN4O2/c1-20-18-24(30)9-10-25(20)23-8-12-27-31-29(22-6-4-3-5-7-22)26(34(27)19-23)11-13-28(36)33-16-14-32(15-17-33)21(2)35/h3-10,12,18-19H,11,13-17H2,1-2H3. The van der Waals surface area contributed by atoms with E-state index in [1.165, 1.54) is 0 Å². The number of rotatable bonds is 5. The molecule has 7 heteroatoms. The first-order chi connectivity index (χ1) is 17.4. The van der Waals surface area contributed by atoms with Crippen LogP contribution in [0, 0.1) is 6.92 Å². The lowest BCUT2D eigenvalue weighted by Gasteiger charge is -2.34. The SMILES string of the molecule is CC(=O)N1CCN(C(=O)CCc2c(-c3ccccc3)nc3ccc(-c4ccc(Cl)cc4C)cn23)CC1. The fourth-order valence-electron chi connectivity index (χ4n) is 4.92. The molecule has 0 bridgehead atoms. The van der Waals surface area contributed by atoms with Crippen molar-refractivity contribution in [3.63, 3.8) is 0 Å². The molecule has 0 unspecified atom stereocenters. The third kappa shape index (κ3) is 4.86. The van der Waals surface area contributed by atoms with Crippen LogP contribution >= 0.6 is 11.6 Å². The second-order valence-corrected chi connectivity index (χ2v) is 9.70. The van der Waals surface area contributed by atoms with Gasteiger partial charge in [-0.15, -0.1) is 0 Å². The normalized spacial score (nSPS) is 13.9. The van der Waals surface area contributed by atoms with Gasteiger partial charge in [-0.1, -0.05) is 48.0 Å². The van der Waals surface area contributed by atoms with Crippen LogP contribution in [0.15, 0.2) is 66.9 Å². The van der Waals surface area contributed by atoms with Gasteiger partial charge in [-0.2, -0.15) is 0 Å². The van der Waals surface area contributed by atoms with E-state index in [4.69, 9.17) is 16.6 Å². The largest absolute Gasteiger partial charge is 0.339 e. The van der Waals surface area contributed by atoms with Crippen LogP contribution in [-0.4, -0.2) is 57.2 Å². The Morgan fingerprint density at radius 2 is 1.64 bits per heavy atom. The average molecular weight is 501 g/mol. The van der Waals surface area contributed by atoms with Crippen LogP contribution in [0.2, 0.25) is 5.02 Å². The van der Waals surface area contributed by atoms with Gasteiger partial charge in [0.25, 0.3) is 0 Å². The van der Waals surface area contributed by atoms with Gasteiger partial charge in [0.1, 0.15) is 5.65 Å². The minimum absolute atomic E-state index is 0.0621. The summed E-state index contributed by atoms with van der Waals surface area (Å²) in [4.78, 5) is 33.3. The molecule has 6 nitrogen and oxygen atoms in total. The van der Waals surface area contributed by atoms with Crippen molar-refractivity contribution in [2.75, 3.05) is 26.2 Å². The Bertz CT molecular complexity index is 1420. The highest BCUT2D eigenvalue weighted by atomic mass is 35.5. The lowest BCUT2D eigenvalue weighted by Crippen LogP contribution is -2.50. The Kier molecular flexibility index (Phi) is 6.79. The Morgan fingerprint density at radius 1 is 0.917 bits per heavy atom. The lowest BCUT2D eigenvalue weighted by molar-refractivity contribution is -0.138. The molecular weight excluding hydrogens is 472 g/mol. The highest BCUT2D eigenvalue weighted by Crippen LogP contribution is 2.30. The molecule has 1 fully saturated rings. The number of hydrogen-bond donors (Lipinski definition) is 0. The molecule has 1 aliphatic heterocycles. The third-order valence-corrected chi connectivity index (χ3v) is 7.15. The zero-order valence-electron chi connectivity index (χ0n) is 20.6. The van der Waals surface area contributed by atoms with Crippen molar-refractivity contribution in [2.45, 2.75) is 26.7 Å². The minimum Gasteiger partial charge on any atom is -0.339 e. The van der Waals surface area contributed by atoms with E-state index in [1.54, 1.807) is 11.8 Å². The number of pyridine rings is 1. The van der Waals surface area contributed by atoms with Crippen molar-refractivity contribution in [3.05, 3.63) is 83.1 Å². The fraction of sp³-hybridized carbons (Fsp3) is 0.276. The molecule has 2 aromatic heterocycles. The van der Waals surface area contributed by atoms with E-state index in [9.17, 15) is 9.59 Å². The van der Waals surface area contributed by atoms with E-state index in [1.807, 2.05) is 47.4 Å². The lowest BCUT2D eigenvalue weighted by atomic mass is 10.0. The van der Waals surface area contributed by atoms with Gasteiger partial charge >= 0.3 is 0 Å². The Hall–Kier alpha value is -3.64. The number of halogens is 1. The molecule has 0 N–H and O–H groups in total. The van der Waals surface area contributed by atoms with Crippen LogP contribution in [0.3, 0.4) is 0 Å². The van der Waals surface area contributed by atoms with Crippen LogP contribution < -0.4 is 0 Å². The molecule has 36 heavy (non-hydrogen) atoms. The summed E-state index contributed by atoms with van der Waals surface area (Å²) < 4.78 is 2.12. The molecular formula is C29H29ClN4O2. The van der Waals surface area contributed by atoms with Gasteiger partial charge in [-0.05, 0) is 54.3 Å². The van der Waals surface area contributed by atoms with Crippen LogP contribution in [0.5, 0.6) is 0 Å². The zero-order chi connectivity index (χ0) is 25.2. The molecule has 0 saturated carbocycles. The maximum Gasteiger partial charge on any atom is 0.223 e. The summed E-state index contributed by atoms with van der Waals surface area (Å²) >= 11 is 6.18. The Balaban J connectivity index is 1.47. The van der Waals surface area contributed by atoms with Crippen LogP contribution in [0.1, 0.15) is 24.6 Å². The van der Waals surface area contributed by atoms with Crippen LogP contribution in [-0.2, 0) is 16.0 Å². The van der Waals surface area contributed by atoms with Crippen molar-refractivity contribution in [1.29, 1.82) is 0 Å². The summed E-state index contributed by atoms with van der Waals surface area (Å²) in [6.07, 6.45) is 3.06. The number of benzene rings is 2. The number of aryl methyl sites for hydroxylation is 2. The average Bonchev–Trinajstić information content (AvgIpc) is 3.25. The van der Waals surface area contributed by atoms with E-state index in [0.717, 1.165) is 44.3 Å². The number of piperazine rings is 1. The molecule has 5 rings (SSSR count). The summed E-state index contributed by atoms with van der Waals surface area (Å²) in [6, 6.07) is 20.1. The number of imidazole rings is 1. The van der Waals surface area contributed by atoms with Crippen molar-refractivity contribution in [3.8, 4) is 22.4 Å². The number of fused-ring (bicyclic) bond motifs is 1. The molecule has 4 aromatic rings. The fourth-order valence-corrected chi connectivity index (χ4v) is 5.15. The summed E-state index contributed by atoms with van der Waals surface area (Å²) in [7, 11) is 0. The molecule has 2 aromatic carbocycles. The van der Waals surface area contributed by atoms with E-state index in [2.05, 4.69) is 35.7 Å². The first kappa shape index (κ1) is 24.1. The maximum absolute atomic E-state index is 13.1. The van der Waals surface area contributed by atoms with Crippen molar-refractivity contribution >= 4 is 29.1 Å². The first-order valence-electron chi connectivity index (χ1n) is 12.3. The van der Waals surface area contributed by atoms with Gasteiger partial charge in [-0.25, -0.2) is 4.98 Å². The molecule has 1 aliphatic rings. The molecule has 0 spiro atoms. The predicted molar refractivity (Wildman–Crippen MR) is 143 cm³/mol. The maximum atomic E-state index is 13.1. The number of aromatic nitrogens is 2. The summed E-state index contributed by atoms with van der Waals surface area (Å²) in [5, 5.41) is 0.717. The zero-order valence-corrected chi connectivity index (χ0v) is 21.3. The highest BCUT2D eigenvalue weighted by molar-refractivity contribution is 6.30. The molecule has 0 aliphatic carbocycles. The van der Waals surface area contributed by atoms with Crippen molar-refractivity contribution in [2.24, 2.45) is 0 Å². The Labute approximate surface area is 216 Å². The first-order valence-corrected chi connectivity index (χ1v) is 12.6. The summed E-state index contributed by atoms with van der Waals surface area (Å²) in [5.41, 5.74) is 7.08. The van der Waals surface area contributed by atoms with Crippen molar-refractivity contribution < 1.29 is 9.59 Å². The summed E-state index contributed by atoms with van der Waals surface area (Å²) in [6.45, 7) is 5.98. The molecule has 0 radical (unpaired) electrons. The highest BCUT2D eigenvalue weighted by Gasteiger charge is 2.23. The van der Waals surface area contributed by atoms with Crippen molar-refractivity contribution in [1.82, 2.24) is 19.2 Å². The van der Waals surface area contributed by atoms with Gasteiger partial charge in [0, 0.05) is 56.3 Å². The number of amides is 2. The molecule has 2 amide bonds. The molecule has 1 saturated heterocycles. The number of nitrogens with zero attached hydrogens (tertiary/aromatic N) is 4.